The lowest BCUT2D eigenvalue weighted by atomic mass is 10.0. The largest absolute Gasteiger partial charge is 0.369 e. The van der Waals surface area contributed by atoms with Crippen LogP contribution in [0.15, 0.2) is 60.9 Å². The smallest absolute Gasteiger partial charge is 0.246 e. The van der Waals surface area contributed by atoms with Crippen LogP contribution in [0.1, 0.15) is 18.4 Å². The quantitative estimate of drug-likeness (QED) is 0.811. The number of carbonyl (C=O) groups excluding carboxylic acids is 1. The van der Waals surface area contributed by atoms with Gasteiger partial charge in [-0.25, -0.2) is 0 Å². The molecule has 1 aromatic carbocycles. The van der Waals surface area contributed by atoms with Crippen LogP contribution in [0.25, 0.3) is 6.08 Å². The van der Waals surface area contributed by atoms with Crippen molar-refractivity contribution in [2.45, 2.75) is 18.9 Å². The summed E-state index contributed by atoms with van der Waals surface area (Å²) in [6, 6.07) is 14.4. The van der Waals surface area contributed by atoms with Crippen LogP contribution in [0.4, 0.5) is 5.69 Å². The number of aromatic nitrogens is 1. The fraction of sp³-hybridized carbons (Fsp3) is 0.300. The maximum absolute atomic E-state index is 12.5. The zero-order valence-electron chi connectivity index (χ0n) is 14.0. The average molecular weight is 321 g/mol. The molecule has 0 bridgehead atoms. The van der Waals surface area contributed by atoms with Gasteiger partial charge in [-0.1, -0.05) is 18.2 Å². The van der Waals surface area contributed by atoms with Gasteiger partial charge in [0.2, 0.25) is 5.91 Å². The highest BCUT2D eigenvalue weighted by atomic mass is 16.2. The van der Waals surface area contributed by atoms with Crippen LogP contribution < -0.4 is 4.90 Å². The van der Waals surface area contributed by atoms with Crippen molar-refractivity contribution >= 4 is 17.7 Å². The van der Waals surface area contributed by atoms with Crippen LogP contribution in [0, 0.1) is 0 Å². The molecule has 2 aromatic rings. The van der Waals surface area contributed by atoms with Gasteiger partial charge in [0.25, 0.3) is 0 Å². The van der Waals surface area contributed by atoms with Crippen molar-refractivity contribution in [3.63, 3.8) is 0 Å². The van der Waals surface area contributed by atoms with Crippen LogP contribution >= 0.6 is 0 Å². The van der Waals surface area contributed by atoms with E-state index in [0.717, 1.165) is 31.5 Å². The van der Waals surface area contributed by atoms with E-state index < -0.39 is 0 Å². The number of nitrogens with zero attached hydrogens (tertiary/aromatic N) is 3. The Hall–Kier alpha value is -2.62. The van der Waals surface area contributed by atoms with E-state index in [-0.39, 0.29) is 11.9 Å². The maximum atomic E-state index is 12.5. The van der Waals surface area contributed by atoms with Crippen molar-refractivity contribution in [3.05, 3.63) is 66.5 Å². The first kappa shape index (κ1) is 16.2. The molecule has 3 rings (SSSR count). The number of anilines is 1. The van der Waals surface area contributed by atoms with Crippen molar-refractivity contribution < 1.29 is 4.79 Å². The summed E-state index contributed by atoms with van der Waals surface area (Å²) >= 11 is 0. The van der Waals surface area contributed by atoms with Gasteiger partial charge < -0.3 is 9.80 Å². The molecule has 1 atom stereocenters. The molecule has 0 radical (unpaired) electrons. The number of rotatable bonds is 4. The van der Waals surface area contributed by atoms with Gasteiger partial charge in [-0.2, -0.15) is 0 Å². The van der Waals surface area contributed by atoms with E-state index in [2.05, 4.69) is 34.1 Å². The Morgan fingerprint density at radius 1 is 1.21 bits per heavy atom. The van der Waals surface area contributed by atoms with Crippen molar-refractivity contribution in [3.8, 4) is 0 Å². The number of hydrogen-bond acceptors (Lipinski definition) is 3. The summed E-state index contributed by atoms with van der Waals surface area (Å²) in [5, 5.41) is 0. The van der Waals surface area contributed by atoms with Gasteiger partial charge in [-0.3, -0.25) is 9.78 Å². The second-order valence-corrected chi connectivity index (χ2v) is 6.14. The number of likely N-dealkylation sites (N-methyl/N-ethyl adjacent to an activating group) is 1. The molecule has 1 saturated heterocycles. The van der Waals surface area contributed by atoms with Crippen molar-refractivity contribution in [1.82, 2.24) is 9.88 Å². The van der Waals surface area contributed by atoms with E-state index in [1.165, 1.54) is 5.69 Å². The van der Waals surface area contributed by atoms with Crippen LogP contribution in [0.3, 0.4) is 0 Å². The molecular formula is C20H23N3O. The van der Waals surface area contributed by atoms with E-state index in [4.69, 9.17) is 0 Å². The summed E-state index contributed by atoms with van der Waals surface area (Å²) in [4.78, 5) is 20.7. The minimum absolute atomic E-state index is 0.0479. The summed E-state index contributed by atoms with van der Waals surface area (Å²) in [5.74, 6) is 0.0479. The molecule has 2 heterocycles. The minimum Gasteiger partial charge on any atom is -0.369 e. The lowest BCUT2D eigenvalue weighted by molar-refractivity contribution is -0.126. The topological polar surface area (TPSA) is 36.4 Å². The lowest BCUT2D eigenvalue weighted by Gasteiger charge is -2.38. The fourth-order valence-corrected chi connectivity index (χ4v) is 3.08. The molecule has 0 saturated carbocycles. The molecule has 0 unspecified atom stereocenters. The van der Waals surface area contributed by atoms with Crippen LogP contribution in [0.5, 0.6) is 0 Å². The first-order valence-electron chi connectivity index (χ1n) is 8.39. The highest BCUT2D eigenvalue weighted by Crippen LogP contribution is 2.22. The summed E-state index contributed by atoms with van der Waals surface area (Å²) in [6.07, 6.45) is 9.11. The molecule has 4 nitrogen and oxygen atoms in total. The number of benzene rings is 1. The molecule has 0 N–H and O–H groups in total. The highest BCUT2D eigenvalue weighted by Gasteiger charge is 2.25. The van der Waals surface area contributed by atoms with Gasteiger partial charge in [0.05, 0.1) is 0 Å². The zero-order valence-corrected chi connectivity index (χ0v) is 14.0. The Morgan fingerprint density at radius 2 is 1.96 bits per heavy atom. The van der Waals surface area contributed by atoms with Crippen LogP contribution in [-0.2, 0) is 4.79 Å². The molecule has 0 spiro atoms. The van der Waals surface area contributed by atoms with Gasteiger partial charge in [0, 0.05) is 50.3 Å². The second-order valence-electron chi connectivity index (χ2n) is 6.14. The molecular weight excluding hydrogens is 298 g/mol. The minimum atomic E-state index is 0.0479. The highest BCUT2D eigenvalue weighted by molar-refractivity contribution is 5.91. The molecule has 1 aliphatic rings. The molecule has 4 heteroatoms. The van der Waals surface area contributed by atoms with Gasteiger partial charge in [0.1, 0.15) is 0 Å². The van der Waals surface area contributed by atoms with Crippen molar-refractivity contribution in [2.75, 3.05) is 25.0 Å². The fourth-order valence-electron chi connectivity index (χ4n) is 3.08. The third kappa shape index (κ3) is 4.02. The van der Waals surface area contributed by atoms with E-state index in [9.17, 15) is 4.79 Å². The lowest BCUT2D eigenvalue weighted by Crippen LogP contribution is -2.48. The average Bonchev–Trinajstić information content (AvgIpc) is 2.67. The van der Waals surface area contributed by atoms with E-state index >= 15 is 0 Å². The maximum Gasteiger partial charge on any atom is 0.246 e. The predicted octanol–water partition coefficient (Wildman–Crippen LogP) is 3.22. The van der Waals surface area contributed by atoms with Gasteiger partial charge in [-0.15, -0.1) is 0 Å². The van der Waals surface area contributed by atoms with Gasteiger partial charge >= 0.3 is 0 Å². The third-order valence-corrected chi connectivity index (χ3v) is 4.54. The molecule has 1 amide bonds. The van der Waals surface area contributed by atoms with Crippen LogP contribution in [-0.4, -0.2) is 42.0 Å². The monoisotopic (exact) mass is 321 g/mol. The molecule has 1 aliphatic heterocycles. The first-order valence-corrected chi connectivity index (χ1v) is 8.39. The Balaban J connectivity index is 1.62. The molecule has 0 aliphatic carbocycles. The van der Waals surface area contributed by atoms with Gasteiger partial charge in [0.15, 0.2) is 0 Å². The van der Waals surface area contributed by atoms with E-state index in [1.807, 2.05) is 36.2 Å². The zero-order chi connectivity index (χ0) is 16.8. The van der Waals surface area contributed by atoms with E-state index in [1.54, 1.807) is 18.5 Å². The number of amides is 1. The molecule has 124 valence electrons. The van der Waals surface area contributed by atoms with Crippen LogP contribution in [0.2, 0.25) is 0 Å². The Kier molecular flexibility index (Phi) is 5.26. The standard InChI is InChI=1S/C20H23N3O/c1-22(20(24)10-9-17-11-13-21-14-12-17)19-8-5-15-23(16-19)18-6-3-2-4-7-18/h2-4,6-7,9-14,19H,5,8,15-16H2,1H3/b10-9+/t19-/m0/s1. The third-order valence-electron chi connectivity index (χ3n) is 4.54. The predicted molar refractivity (Wildman–Crippen MR) is 97.7 cm³/mol. The number of pyridine rings is 1. The molecule has 24 heavy (non-hydrogen) atoms. The summed E-state index contributed by atoms with van der Waals surface area (Å²) in [7, 11) is 1.90. The second kappa shape index (κ2) is 7.77. The Labute approximate surface area is 143 Å². The van der Waals surface area contributed by atoms with Crippen molar-refractivity contribution in [1.29, 1.82) is 0 Å². The summed E-state index contributed by atoms with van der Waals surface area (Å²) in [5.41, 5.74) is 2.22. The molecule has 1 aromatic heterocycles. The van der Waals surface area contributed by atoms with Gasteiger partial charge in [-0.05, 0) is 48.7 Å². The number of hydrogen-bond donors (Lipinski definition) is 0. The van der Waals surface area contributed by atoms with E-state index in [0.29, 0.717) is 0 Å². The number of para-hydroxylation sites is 1. The normalized spacial score (nSPS) is 17.9. The number of carbonyl (C=O) groups is 1. The van der Waals surface area contributed by atoms with Crippen molar-refractivity contribution in [2.24, 2.45) is 0 Å². The SMILES string of the molecule is CN(C(=O)/C=C/c1ccncc1)[C@H]1CCCN(c2ccccc2)C1. The Bertz CT molecular complexity index is 685. The molecule has 1 fully saturated rings. The summed E-state index contributed by atoms with van der Waals surface area (Å²) in [6.45, 7) is 1.94. The number of piperidine rings is 1. The Morgan fingerprint density at radius 3 is 2.71 bits per heavy atom. The summed E-state index contributed by atoms with van der Waals surface area (Å²) < 4.78 is 0. The first-order chi connectivity index (χ1) is 11.7.